The van der Waals surface area contributed by atoms with Crippen LogP contribution in [0.5, 0.6) is 0 Å². The summed E-state index contributed by atoms with van der Waals surface area (Å²) >= 11 is 7.20. The van der Waals surface area contributed by atoms with Crippen molar-refractivity contribution in [3.63, 3.8) is 0 Å². The number of nitrogens with zero attached hydrogens (tertiary/aromatic N) is 4. The first kappa shape index (κ1) is 15.7. The van der Waals surface area contributed by atoms with Crippen LogP contribution in [0, 0.1) is 5.82 Å². The zero-order chi connectivity index (χ0) is 14.3. The maximum Gasteiger partial charge on any atom is 0.210 e. The summed E-state index contributed by atoms with van der Waals surface area (Å²) < 4.78 is 13.4. The highest BCUT2D eigenvalue weighted by Gasteiger charge is 2.03. The average molecular weight is 301 g/mol. The van der Waals surface area contributed by atoms with E-state index in [1.807, 2.05) is 20.4 Å². The molecular weight excluding hydrogens is 287 g/mol. The van der Waals surface area contributed by atoms with E-state index in [1.165, 1.54) is 30.1 Å². The first-order valence-corrected chi connectivity index (χ1v) is 6.94. The minimum atomic E-state index is -0.436. The second kappa shape index (κ2) is 7.91. The Morgan fingerprint density at radius 1 is 1.42 bits per heavy atom. The van der Waals surface area contributed by atoms with Crippen molar-refractivity contribution in [3.8, 4) is 0 Å². The molecular formula is C12H14ClFN4S. The van der Waals surface area contributed by atoms with Crippen molar-refractivity contribution in [2.75, 3.05) is 20.4 Å². The normalized spacial score (nSPS) is 12.6. The van der Waals surface area contributed by atoms with Crippen molar-refractivity contribution < 1.29 is 4.39 Å². The third-order valence-electron chi connectivity index (χ3n) is 1.91. The number of thioether (sulfide) groups is 1. The second-order valence-electron chi connectivity index (χ2n) is 3.67. The zero-order valence-electron chi connectivity index (χ0n) is 10.8. The number of amidine groups is 1. The zero-order valence-corrected chi connectivity index (χ0v) is 12.4. The van der Waals surface area contributed by atoms with Crippen LogP contribution < -0.4 is 0 Å². The van der Waals surface area contributed by atoms with Crippen molar-refractivity contribution in [3.05, 3.63) is 34.6 Å². The molecule has 19 heavy (non-hydrogen) atoms. The molecule has 0 atom stereocenters. The number of benzene rings is 1. The van der Waals surface area contributed by atoms with Crippen LogP contribution >= 0.6 is 23.4 Å². The third kappa shape index (κ3) is 5.40. The average Bonchev–Trinajstić information content (AvgIpc) is 2.36. The van der Waals surface area contributed by atoms with Crippen molar-refractivity contribution >= 4 is 41.1 Å². The first-order valence-electron chi connectivity index (χ1n) is 5.34. The maximum atomic E-state index is 13.4. The van der Waals surface area contributed by atoms with Crippen molar-refractivity contribution in [2.24, 2.45) is 15.2 Å². The monoisotopic (exact) mass is 300 g/mol. The molecule has 0 aliphatic carbocycles. The van der Waals surface area contributed by atoms with Crippen LogP contribution in [0.2, 0.25) is 5.02 Å². The van der Waals surface area contributed by atoms with Crippen LogP contribution in [-0.4, -0.2) is 43.0 Å². The fourth-order valence-corrected chi connectivity index (χ4v) is 1.55. The van der Waals surface area contributed by atoms with E-state index in [9.17, 15) is 4.39 Å². The molecule has 0 saturated heterocycles. The van der Waals surface area contributed by atoms with Gasteiger partial charge in [0, 0.05) is 19.7 Å². The molecule has 1 aromatic carbocycles. The van der Waals surface area contributed by atoms with Gasteiger partial charge in [-0.15, -0.1) is 5.10 Å². The maximum absolute atomic E-state index is 13.4. The minimum Gasteiger partial charge on any atom is -0.369 e. The lowest BCUT2D eigenvalue weighted by molar-refractivity contribution is 0.626. The molecule has 0 spiro atoms. The summed E-state index contributed by atoms with van der Waals surface area (Å²) in [6.07, 6.45) is 4.72. The molecule has 0 N–H and O–H groups in total. The lowest BCUT2D eigenvalue weighted by Gasteiger charge is -2.01. The second-order valence-corrected chi connectivity index (χ2v) is 4.86. The highest BCUT2D eigenvalue weighted by atomic mass is 35.5. The quantitative estimate of drug-likeness (QED) is 0.489. The number of aliphatic imine (C=N–C) groups is 1. The van der Waals surface area contributed by atoms with Gasteiger partial charge in [0.25, 0.3) is 0 Å². The first-order chi connectivity index (χ1) is 9.04. The lowest BCUT2D eigenvalue weighted by Crippen LogP contribution is -2.08. The van der Waals surface area contributed by atoms with Crippen LogP contribution in [0.15, 0.2) is 33.4 Å². The number of hydrogen-bond donors (Lipinski definition) is 0. The van der Waals surface area contributed by atoms with E-state index in [0.29, 0.717) is 10.2 Å². The van der Waals surface area contributed by atoms with E-state index >= 15 is 0 Å². The SMILES string of the molecule is CSC(=N\N=C\c1c(F)cccc1Cl)/N=C/N(C)C. The summed E-state index contributed by atoms with van der Waals surface area (Å²) in [7, 11) is 3.70. The predicted molar refractivity (Wildman–Crippen MR) is 82.1 cm³/mol. The molecule has 4 nitrogen and oxygen atoms in total. The van der Waals surface area contributed by atoms with Gasteiger partial charge in [-0.3, -0.25) is 0 Å². The van der Waals surface area contributed by atoms with Crippen molar-refractivity contribution in [1.82, 2.24) is 4.90 Å². The van der Waals surface area contributed by atoms with E-state index < -0.39 is 5.82 Å². The van der Waals surface area contributed by atoms with E-state index in [1.54, 1.807) is 17.3 Å². The van der Waals surface area contributed by atoms with Crippen molar-refractivity contribution in [1.29, 1.82) is 0 Å². The summed E-state index contributed by atoms with van der Waals surface area (Å²) in [5.41, 5.74) is 0.213. The van der Waals surface area contributed by atoms with Crippen LogP contribution in [0.3, 0.4) is 0 Å². The van der Waals surface area contributed by atoms with Gasteiger partial charge in [0.05, 0.1) is 17.6 Å². The van der Waals surface area contributed by atoms with E-state index in [0.717, 1.165) is 0 Å². The molecule has 0 amide bonds. The highest BCUT2D eigenvalue weighted by molar-refractivity contribution is 8.13. The molecule has 0 aromatic heterocycles. The standard InChI is InChI=1S/C12H14ClFN4S/c1-18(2)8-15-12(19-3)17-16-7-9-10(13)5-4-6-11(9)14/h4-8H,1-3H3/b15-8+,16-7+,17-12-. The molecule has 0 bridgehead atoms. The Morgan fingerprint density at radius 2 is 2.16 bits per heavy atom. The van der Waals surface area contributed by atoms with Gasteiger partial charge < -0.3 is 4.90 Å². The Morgan fingerprint density at radius 3 is 2.74 bits per heavy atom. The number of rotatable bonds is 3. The fourth-order valence-electron chi connectivity index (χ4n) is 1.05. The molecule has 0 heterocycles. The lowest BCUT2D eigenvalue weighted by atomic mass is 10.2. The van der Waals surface area contributed by atoms with Gasteiger partial charge in [0.1, 0.15) is 5.82 Å². The molecule has 7 heteroatoms. The third-order valence-corrected chi connectivity index (χ3v) is 2.79. The Balaban J connectivity index is 2.86. The number of hydrogen-bond acceptors (Lipinski definition) is 3. The summed E-state index contributed by atoms with van der Waals surface area (Å²) in [6.45, 7) is 0. The Bertz CT molecular complexity index is 494. The summed E-state index contributed by atoms with van der Waals surface area (Å²) in [4.78, 5) is 5.87. The summed E-state index contributed by atoms with van der Waals surface area (Å²) in [5, 5.41) is 8.45. The van der Waals surface area contributed by atoms with Gasteiger partial charge in [-0.2, -0.15) is 5.10 Å². The van der Waals surface area contributed by atoms with E-state index in [4.69, 9.17) is 11.6 Å². The molecule has 0 radical (unpaired) electrons. The molecule has 0 aliphatic rings. The van der Waals surface area contributed by atoms with Crippen LogP contribution in [-0.2, 0) is 0 Å². The van der Waals surface area contributed by atoms with Gasteiger partial charge in [0.15, 0.2) is 0 Å². The van der Waals surface area contributed by atoms with Gasteiger partial charge in [0.2, 0.25) is 5.17 Å². The fraction of sp³-hybridized carbons (Fsp3) is 0.250. The summed E-state index contributed by atoms with van der Waals surface area (Å²) in [5.74, 6) is -0.436. The molecule has 0 fully saturated rings. The van der Waals surface area contributed by atoms with Crippen LogP contribution in [0.1, 0.15) is 5.56 Å². The molecule has 0 aliphatic heterocycles. The molecule has 102 valence electrons. The Kier molecular flexibility index (Phi) is 6.52. The van der Waals surface area contributed by atoms with Crippen LogP contribution in [0.25, 0.3) is 0 Å². The largest absolute Gasteiger partial charge is 0.369 e. The molecule has 1 rings (SSSR count). The van der Waals surface area contributed by atoms with Gasteiger partial charge in [-0.25, -0.2) is 9.38 Å². The smallest absolute Gasteiger partial charge is 0.210 e. The predicted octanol–water partition coefficient (Wildman–Crippen LogP) is 3.12. The van der Waals surface area contributed by atoms with E-state index in [2.05, 4.69) is 15.2 Å². The Labute approximate surface area is 121 Å². The van der Waals surface area contributed by atoms with Crippen molar-refractivity contribution in [2.45, 2.75) is 0 Å². The van der Waals surface area contributed by atoms with Gasteiger partial charge in [-0.1, -0.05) is 29.4 Å². The minimum absolute atomic E-state index is 0.213. The number of halogens is 2. The molecule has 1 aromatic rings. The topological polar surface area (TPSA) is 40.3 Å². The summed E-state index contributed by atoms with van der Waals surface area (Å²) in [6, 6.07) is 4.44. The Hall–Kier alpha value is -1.40. The molecule has 0 unspecified atom stereocenters. The van der Waals surface area contributed by atoms with Gasteiger partial charge in [-0.05, 0) is 18.4 Å². The van der Waals surface area contributed by atoms with Gasteiger partial charge >= 0.3 is 0 Å². The molecule has 0 saturated carbocycles. The highest BCUT2D eigenvalue weighted by Crippen LogP contribution is 2.16. The van der Waals surface area contributed by atoms with Crippen LogP contribution in [0.4, 0.5) is 4.39 Å². The van der Waals surface area contributed by atoms with E-state index in [-0.39, 0.29) is 5.56 Å².